The molecule has 31 heavy (non-hydrogen) atoms. The summed E-state index contributed by atoms with van der Waals surface area (Å²) in [5, 5.41) is 8.10. The molecule has 1 amide bonds. The topological polar surface area (TPSA) is 86.1 Å². The molecule has 0 spiro atoms. The Labute approximate surface area is 190 Å². The Morgan fingerprint density at radius 2 is 1.84 bits per heavy atom. The van der Waals surface area contributed by atoms with E-state index >= 15 is 0 Å². The first-order chi connectivity index (χ1) is 14.6. The second kappa shape index (κ2) is 9.24. The molecule has 7 nitrogen and oxygen atoms in total. The Hall–Kier alpha value is -2.64. The van der Waals surface area contributed by atoms with E-state index in [0.29, 0.717) is 27.3 Å². The van der Waals surface area contributed by atoms with Crippen LogP contribution in [0.5, 0.6) is 0 Å². The molecule has 0 saturated carbocycles. The summed E-state index contributed by atoms with van der Waals surface area (Å²) in [4.78, 5) is 30.2. The van der Waals surface area contributed by atoms with Crippen LogP contribution in [0.4, 0.5) is 5.69 Å². The number of rotatable bonds is 6. The molecule has 3 aromatic rings. The summed E-state index contributed by atoms with van der Waals surface area (Å²) in [6.45, 7) is 9.45. The van der Waals surface area contributed by atoms with Crippen molar-refractivity contribution in [3.63, 3.8) is 0 Å². The van der Waals surface area contributed by atoms with E-state index in [4.69, 9.17) is 27.9 Å². The predicted octanol–water partition coefficient (Wildman–Crippen LogP) is 5.63. The third-order valence-corrected chi connectivity index (χ3v) is 5.57. The van der Waals surface area contributed by atoms with E-state index in [1.165, 1.54) is 6.92 Å². The van der Waals surface area contributed by atoms with E-state index in [-0.39, 0.29) is 17.0 Å². The van der Waals surface area contributed by atoms with E-state index in [1.807, 2.05) is 27.7 Å². The molecule has 1 N–H and O–H groups in total. The summed E-state index contributed by atoms with van der Waals surface area (Å²) in [6.07, 6.45) is 0.535. The van der Waals surface area contributed by atoms with Crippen LogP contribution in [-0.2, 0) is 9.53 Å². The van der Waals surface area contributed by atoms with Crippen molar-refractivity contribution in [1.82, 2.24) is 14.8 Å². The van der Waals surface area contributed by atoms with Crippen LogP contribution in [0.2, 0.25) is 10.0 Å². The Bertz CT molecular complexity index is 1140. The average molecular weight is 463 g/mol. The zero-order valence-corrected chi connectivity index (χ0v) is 19.5. The third-order valence-electron chi connectivity index (χ3n) is 4.75. The van der Waals surface area contributed by atoms with Gasteiger partial charge in [-0.15, -0.1) is 0 Å². The van der Waals surface area contributed by atoms with Gasteiger partial charge in [0.2, 0.25) is 0 Å². The second-order valence-electron chi connectivity index (χ2n) is 7.81. The lowest BCUT2D eigenvalue weighted by Gasteiger charge is -2.16. The highest BCUT2D eigenvalue weighted by atomic mass is 35.5. The number of benzene rings is 1. The van der Waals surface area contributed by atoms with Gasteiger partial charge in [0.25, 0.3) is 5.91 Å². The van der Waals surface area contributed by atoms with E-state index in [9.17, 15) is 9.59 Å². The van der Waals surface area contributed by atoms with E-state index < -0.39 is 18.0 Å². The van der Waals surface area contributed by atoms with Gasteiger partial charge in [-0.25, -0.2) is 14.5 Å². The van der Waals surface area contributed by atoms with Crippen LogP contribution in [0.3, 0.4) is 0 Å². The minimum atomic E-state index is -1.06. The van der Waals surface area contributed by atoms with Crippen LogP contribution < -0.4 is 5.32 Å². The summed E-state index contributed by atoms with van der Waals surface area (Å²) in [6, 6.07) is 6.65. The number of ether oxygens (including phenoxy) is 1. The summed E-state index contributed by atoms with van der Waals surface area (Å²) in [5.41, 5.74) is 2.01. The van der Waals surface area contributed by atoms with Gasteiger partial charge in [0.05, 0.1) is 32.9 Å². The molecule has 0 bridgehead atoms. The number of carbonyl (C=O) groups is 2. The number of fused-ring (bicyclic) bond motifs is 1. The van der Waals surface area contributed by atoms with Crippen molar-refractivity contribution < 1.29 is 14.3 Å². The fourth-order valence-corrected chi connectivity index (χ4v) is 3.34. The molecule has 0 saturated heterocycles. The molecular weight excluding hydrogens is 439 g/mol. The molecule has 0 aliphatic carbocycles. The highest BCUT2D eigenvalue weighted by Gasteiger charge is 2.24. The number of halogens is 2. The summed E-state index contributed by atoms with van der Waals surface area (Å²) in [7, 11) is 0. The molecule has 1 atom stereocenters. The molecule has 0 radical (unpaired) electrons. The van der Waals surface area contributed by atoms with Gasteiger partial charge in [-0.1, -0.05) is 43.1 Å². The number of nitrogens with zero attached hydrogens (tertiary/aromatic N) is 3. The average Bonchev–Trinajstić information content (AvgIpc) is 3.14. The fourth-order valence-electron chi connectivity index (χ4n) is 2.99. The highest BCUT2D eigenvalue weighted by Crippen LogP contribution is 2.30. The molecule has 1 unspecified atom stereocenters. The van der Waals surface area contributed by atoms with Crippen molar-refractivity contribution in [2.24, 2.45) is 0 Å². The zero-order valence-electron chi connectivity index (χ0n) is 17.9. The molecule has 0 fully saturated rings. The predicted molar refractivity (Wildman–Crippen MR) is 122 cm³/mol. The number of carbonyl (C=O) groups excluding carboxylic acids is 2. The maximum Gasteiger partial charge on any atom is 0.339 e. The maximum absolute atomic E-state index is 13.0. The molecule has 3 rings (SSSR count). The lowest BCUT2D eigenvalue weighted by atomic mass is 10.1. The van der Waals surface area contributed by atoms with Crippen molar-refractivity contribution in [3.05, 3.63) is 51.8 Å². The SMILES string of the molecule is CC(OC(=O)c1cc(C(C)C)nc2c1cnn2C(C)C)C(=O)Nc1cccc(Cl)c1Cl. The number of hydrogen-bond acceptors (Lipinski definition) is 5. The quantitative estimate of drug-likeness (QED) is 0.479. The van der Waals surface area contributed by atoms with Crippen molar-refractivity contribution in [1.29, 1.82) is 0 Å². The normalized spacial score (nSPS) is 12.4. The maximum atomic E-state index is 13.0. The molecule has 2 aromatic heterocycles. The van der Waals surface area contributed by atoms with E-state index in [0.717, 1.165) is 5.69 Å². The number of amides is 1. The van der Waals surface area contributed by atoms with Crippen LogP contribution in [0.1, 0.15) is 62.6 Å². The van der Waals surface area contributed by atoms with Gasteiger partial charge < -0.3 is 10.1 Å². The monoisotopic (exact) mass is 462 g/mol. The highest BCUT2D eigenvalue weighted by molar-refractivity contribution is 6.44. The first kappa shape index (κ1) is 23.0. The number of aromatic nitrogens is 3. The Morgan fingerprint density at radius 3 is 2.48 bits per heavy atom. The fraction of sp³-hybridized carbons (Fsp3) is 0.364. The van der Waals surface area contributed by atoms with Crippen LogP contribution in [0, 0.1) is 0 Å². The molecule has 0 aliphatic heterocycles. The standard InChI is InChI=1S/C22H24Cl2N4O3/c1-11(2)18-9-14(15-10-25-28(12(3)4)20(15)26-18)22(30)31-13(5)21(29)27-17-8-6-7-16(23)19(17)24/h6-13H,1-5H3,(H,27,29). The van der Waals surface area contributed by atoms with Crippen LogP contribution >= 0.6 is 23.2 Å². The zero-order chi connectivity index (χ0) is 22.9. The van der Waals surface area contributed by atoms with Crippen LogP contribution in [0.15, 0.2) is 30.5 Å². The van der Waals surface area contributed by atoms with Gasteiger partial charge in [-0.05, 0) is 44.9 Å². The Balaban J connectivity index is 1.87. The second-order valence-corrected chi connectivity index (χ2v) is 8.59. The lowest BCUT2D eigenvalue weighted by Crippen LogP contribution is -2.30. The molecule has 164 valence electrons. The van der Waals surface area contributed by atoms with Crippen molar-refractivity contribution >= 4 is 51.8 Å². The third kappa shape index (κ3) is 4.83. The van der Waals surface area contributed by atoms with E-state index in [2.05, 4.69) is 15.4 Å². The summed E-state index contributed by atoms with van der Waals surface area (Å²) in [5.74, 6) is -1.06. The van der Waals surface area contributed by atoms with Crippen LogP contribution in [-0.4, -0.2) is 32.7 Å². The van der Waals surface area contributed by atoms with Gasteiger partial charge in [0.15, 0.2) is 11.8 Å². The number of anilines is 1. The number of esters is 1. The molecule has 1 aromatic carbocycles. The van der Waals surface area contributed by atoms with Crippen molar-refractivity contribution in [2.75, 3.05) is 5.32 Å². The minimum Gasteiger partial charge on any atom is -0.449 e. The molecule has 9 heteroatoms. The summed E-state index contributed by atoms with van der Waals surface area (Å²) < 4.78 is 7.22. The molecule has 0 aliphatic rings. The van der Waals surface area contributed by atoms with Gasteiger partial charge in [-0.2, -0.15) is 5.10 Å². The Morgan fingerprint density at radius 1 is 1.13 bits per heavy atom. The lowest BCUT2D eigenvalue weighted by molar-refractivity contribution is -0.123. The molecular formula is C22H24Cl2N4O3. The van der Waals surface area contributed by atoms with Gasteiger partial charge in [-0.3, -0.25) is 4.79 Å². The number of nitrogens with one attached hydrogen (secondary N) is 1. The van der Waals surface area contributed by atoms with Crippen LogP contribution in [0.25, 0.3) is 11.0 Å². The first-order valence-corrected chi connectivity index (χ1v) is 10.7. The molecule has 2 heterocycles. The van der Waals surface area contributed by atoms with Crippen molar-refractivity contribution in [3.8, 4) is 0 Å². The van der Waals surface area contributed by atoms with Gasteiger partial charge in [0.1, 0.15) is 0 Å². The first-order valence-electron chi connectivity index (χ1n) is 9.94. The van der Waals surface area contributed by atoms with Gasteiger partial charge >= 0.3 is 5.97 Å². The number of hydrogen-bond donors (Lipinski definition) is 1. The van der Waals surface area contributed by atoms with Gasteiger partial charge in [0, 0.05) is 11.7 Å². The minimum absolute atomic E-state index is 0.0726. The summed E-state index contributed by atoms with van der Waals surface area (Å²) >= 11 is 12.1. The van der Waals surface area contributed by atoms with Crippen molar-refractivity contribution in [2.45, 2.75) is 52.7 Å². The Kier molecular flexibility index (Phi) is 6.86. The number of pyridine rings is 1. The smallest absolute Gasteiger partial charge is 0.339 e. The van der Waals surface area contributed by atoms with E-state index in [1.54, 1.807) is 35.1 Å². The largest absolute Gasteiger partial charge is 0.449 e.